The van der Waals surface area contributed by atoms with Crippen LogP contribution in [0.5, 0.6) is 0 Å². The number of rotatable bonds is 5. The number of nitrogens with two attached hydrogens (primary N) is 1. The Bertz CT molecular complexity index is 601. The van der Waals surface area contributed by atoms with Crippen LogP contribution in [0.25, 0.3) is 0 Å². The number of nitrogens with one attached hydrogen (secondary N) is 1. The van der Waals surface area contributed by atoms with Crippen molar-refractivity contribution in [2.75, 3.05) is 26.0 Å². The van der Waals surface area contributed by atoms with E-state index in [2.05, 4.69) is 36.3 Å². The number of guanidine groups is 1. The van der Waals surface area contributed by atoms with Gasteiger partial charge < -0.3 is 16.0 Å². The summed E-state index contributed by atoms with van der Waals surface area (Å²) < 4.78 is 0. The molecule has 2 rings (SSSR count). The normalized spacial score (nSPS) is 17.1. The van der Waals surface area contributed by atoms with Gasteiger partial charge in [-0.05, 0) is 36.5 Å². The molecule has 0 atom stereocenters. The van der Waals surface area contributed by atoms with Crippen LogP contribution >= 0.6 is 0 Å². The third-order valence-electron chi connectivity index (χ3n) is 4.80. The van der Waals surface area contributed by atoms with Gasteiger partial charge in [-0.1, -0.05) is 38.8 Å². The van der Waals surface area contributed by atoms with Crippen molar-refractivity contribution in [3.63, 3.8) is 0 Å². The predicted molar refractivity (Wildman–Crippen MR) is 100 cm³/mol. The lowest BCUT2D eigenvalue weighted by Crippen LogP contribution is -2.41. The van der Waals surface area contributed by atoms with Gasteiger partial charge in [0.15, 0.2) is 5.96 Å². The molecular weight excluding hydrogens is 300 g/mol. The van der Waals surface area contributed by atoms with Crippen LogP contribution in [-0.4, -0.2) is 37.4 Å². The molecule has 0 saturated heterocycles. The van der Waals surface area contributed by atoms with Gasteiger partial charge in [0.25, 0.3) is 0 Å². The Morgan fingerprint density at radius 3 is 2.58 bits per heavy atom. The molecule has 0 aliphatic heterocycles. The SMILES string of the molecule is CC(C)c1cccc(NC(N)=NCC2(C(=O)N(C)C)CCCC2)c1. The van der Waals surface area contributed by atoms with Crippen molar-refractivity contribution in [1.29, 1.82) is 0 Å². The quantitative estimate of drug-likeness (QED) is 0.643. The fraction of sp³-hybridized carbons (Fsp3) is 0.579. The fourth-order valence-electron chi connectivity index (χ4n) is 3.37. The molecule has 5 nitrogen and oxygen atoms in total. The molecular formula is C19H30N4O. The standard InChI is InChI=1S/C19H30N4O/c1-14(2)15-8-7-9-16(12-15)22-18(20)21-13-19(10-5-6-11-19)17(24)23(3)4/h7-9,12,14H,5-6,10-11,13H2,1-4H3,(H3,20,21,22). The molecule has 0 bridgehead atoms. The highest BCUT2D eigenvalue weighted by molar-refractivity contribution is 5.92. The Morgan fingerprint density at radius 1 is 1.33 bits per heavy atom. The molecule has 1 aromatic carbocycles. The second-order valence-corrected chi connectivity index (χ2v) is 7.29. The minimum Gasteiger partial charge on any atom is -0.370 e. The fourth-order valence-corrected chi connectivity index (χ4v) is 3.37. The van der Waals surface area contributed by atoms with E-state index in [0.29, 0.717) is 18.4 Å². The molecule has 0 spiro atoms. The van der Waals surface area contributed by atoms with Gasteiger partial charge in [0, 0.05) is 19.8 Å². The molecule has 1 saturated carbocycles. The maximum absolute atomic E-state index is 12.6. The van der Waals surface area contributed by atoms with Crippen LogP contribution in [0.15, 0.2) is 29.3 Å². The largest absolute Gasteiger partial charge is 0.370 e. The lowest BCUT2D eigenvalue weighted by atomic mass is 9.85. The summed E-state index contributed by atoms with van der Waals surface area (Å²) in [7, 11) is 3.62. The molecule has 0 heterocycles. The van der Waals surface area contributed by atoms with E-state index < -0.39 is 0 Å². The maximum Gasteiger partial charge on any atom is 0.230 e. The number of carbonyl (C=O) groups is 1. The van der Waals surface area contributed by atoms with Crippen LogP contribution in [-0.2, 0) is 4.79 Å². The molecule has 1 aliphatic carbocycles. The van der Waals surface area contributed by atoms with Crippen LogP contribution in [0.4, 0.5) is 5.69 Å². The first-order valence-electron chi connectivity index (χ1n) is 8.73. The molecule has 0 unspecified atom stereocenters. The summed E-state index contributed by atoms with van der Waals surface area (Å²) in [5.41, 5.74) is 7.86. The Kier molecular flexibility index (Phi) is 5.86. The van der Waals surface area contributed by atoms with Gasteiger partial charge in [0.2, 0.25) is 5.91 Å². The molecule has 1 amide bonds. The van der Waals surface area contributed by atoms with Gasteiger partial charge in [-0.15, -0.1) is 0 Å². The van der Waals surface area contributed by atoms with E-state index in [4.69, 9.17) is 5.73 Å². The van der Waals surface area contributed by atoms with Crippen LogP contribution in [0, 0.1) is 5.41 Å². The third kappa shape index (κ3) is 4.28. The highest BCUT2D eigenvalue weighted by Crippen LogP contribution is 2.39. The molecule has 24 heavy (non-hydrogen) atoms. The lowest BCUT2D eigenvalue weighted by Gasteiger charge is -2.29. The monoisotopic (exact) mass is 330 g/mol. The van der Waals surface area contributed by atoms with Gasteiger partial charge in [-0.25, -0.2) is 0 Å². The zero-order chi connectivity index (χ0) is 17.7. The van der Waals surface area contributed by atoms with E-state index in [9.17, 15) is 4.79 Å². The number of amides is 1. The van der Waals surface area contributed by atoms with E-state index in [-0.39, 0.29) is 11.3 Å². The van der Waals surface area contributed by atoms with E-state index >= 15 is 0 Å². The summed E-state index contributed by atoms with van der Waals surface area (Å²) in [4.78, 5) is 18.7. The lowest BCUT2D eigenvalue weighted by molar-refractivity contribution is -0.138. The molecule has 1 fully saturated rings. The summed E-state index contributed by atoms with van der Waals surface area (Å²) in [6.45, 7) is 4.77. The van der Waals surface area contributed by atoms with Gasteiger partial charge in [0.05, 0.1) is 12.0 Å². The molecule has 0 radical (unpaired) electrons. The Morgan fingerprint density at radius 2 is 2.00 bits per heavy atom. The summed E-state index contributed by atoms with van der Waals surface area (Å²) in [5.74, 6) is 0.997. The Hall–Kier alpha value is -2.04. The molecule has 3 N–H and O–H groups in total. The number of nitrogens with zero attached hydrogens (tertiary/aromatic N) is 2. The van der Waals surface area contributed by atoms with Crippen molar-refractivity contribution in [1.82, 2.24) is 4.90 Å². The van der Waals surface area contributed by atoms with E-state index in [1.54, 1.807) is 4.90 Å². The van der Waals surface area contributed by atoms with Crippen molar-refractivity contribution < 1.29 is 4.79 Å². The highest BCUT2D eigenvalue weighted by atomic mass is 16.2. The van der Waals surface area contributed by atoms with Gasteiger partial charge in [-0.2, -0.15) is 0 Å². The van der Waals surface area contributed by atoms with Gasteiger partial charge in [-0.3, -0.25) is 9.79 Å². The number of aliphatic imine (C=N–C) groups is 1. The van der Waals surface area contributed by atoms with Crippen LogP contribution < -0.4 is 11.1 Å². The zero-order valence-electron chi connectivity index (χ0n) is 15.3. The molecule has 0 aromatic heterocycles. The Labute approximate surface area is 145 Å². The summed E-state index contributed by atoms with van der Waals surface area (Å²) in [6.07, 6.45) is 3.95. The molecule has 5 heteroatoms. The van der Waals surface area contributed by atoms with E-state index in [0.717, 1.165) is 31.4 Å². The van der Waals surface area contributed by atoms with Crippen molar-refractivity contribution in [3.05, 3.63) is 29.8 Å². The minimum absolute atomic E-state index is 0.165. The first-order chi connectivity index (χ1) is 11.3. The maximum atomic E-state index is 12.6. The number of anilines is 1. The van der Waals surface area contributed by atoms with Crippen molar-refractivity contribution in [2.24, 2.45) is 16.1 Å². The van der Waals surface area contributed by atoms with Crippen LogP contribution in [0.2, 0.25) is 0 Å². The zero-order valence-corrected chi connectivity index (χ0v) is 15.3. The number of benzene rings is 1. The Balaban J connectivity index is 2.07. The van der Waals surface area contributed by atoms with E-state index in [1.807, 2.05) is 26.2 Å². The number of hydrogen-bond donors (Lipinski definition) is 2. The number of carbonyl (C=O) groups excluding carboxylic acids is 1. The first-order valence-corrected chi connectivity index (χ1v) is 8.73. The van der Waals surface area contributed by atoms with Crippen molar-refractivity contribution >= 4 is 17.6 Å². The molecule has 1 aliphatic rings. The summed E-state index contributed by atoms with van der Waals surface area (Å²) >= 11 is 0. The second kappa shape index (κ2) is 7.69. The highest BCUT2D eigenvalue weighted by Gasteiger charge is 2.41. The van der Waals surface area contributed by atoms with Crippen molar-refractivity contribution in [3.8, 4) is 0 Å². The smallest absolute Gasteiger partial charge is 0.230 e. The predicted octanol–water partition coefficient (Wildman–Crippen LogP) is 3.19. The first kappa shape index (κ1) is 18.3. The summed E-state index contributed by atoms with van der Waals surface area (Å²) in [6, 6.07) is 8.18. The topological polar surface area (TPSA) is 70.7 Å². The third-order valence-corrected chi connectivity index (χ3v) is 4.80. The average Bonchev–Trinajstić information content (AvgIpc) is 3.02. The summed E-state index contributed by atoms with van der Waals surface area (Å²) in [5, 5.41) is 3.15. The minimum atomic E-state index is -0.379. The molecule has 1 aromatic rings. The second-order valence-electron chi connectivity index (χ2n) is 7.29. The van der Waals surface area contributed by atoms with Gasteiger partial charge >= 0.3 is 0 Å². The number of hydrogen-bond acceptors (Lipinski definition) is 2. The van der Waals surface area contributed by atoms with E-state index in [1.165, 1.54) is 5.56 Å². The van der Waals surface area contributed by atoms with Crippen LogP contribution in [0.3, 0.4) is 0 Å². The van der Waals surface area contributed by atoms with Gasteiger partial charge in [0.1, 0.15) is 0 Å². The van der Waals surface area contributed by atoms with Crippen molar-refractivity contribution in [2.45, 2.75) is 45.4 Å². The average molecular weight is 330 g/mol. The van der Waals surface area contributed by atoms with Crippen LogP contribution in [0.1, 0.15) is 51.0 Å². The molecule has 132 valence electrons.